The van der Waals surface area contributed by atoms with Crippen LogP contribution in [0.25, 0.3) is 0 Å². The molecule has 1 aromatic carbocycles. The second kappa shape index (κ2) is 8.14. The zero-order valence-electron chi connectivity index (χ0n) is 12.7. The van der Waals surface area contributed by atoms with Crippen LogP contribution in [0.2, 0.25) is 0 Å². The van der Waals surface area contributed by atoms with E-state index < -0.39 is 12.1 Å². The number of urea groups is 1. The van der Waals surface area contributed by atoms with Crippen molar-refractivity contribution >= 4 is 17.6 Å². The minimum atomic E-state index is -0.706. The number of hydrogen-bond donors (Lipinski definition) is 3. The van der Waals surface area contributed by atoms with Crippen LogP contribution in [0.1, 0.15) is 27.2 Å². The Labute approximate surface area is 125 Å². The van der Waals surface area contributed by atoms with Crippen LogP contribution in [0.3, 0.4) is 0 Å². The van der Waals surface area contributed by atoms with Crippen LogP contribution in [0.4, 0.5) is 10.5 Å². The van der Waals surface area contributed by atoms with Crippen molar-refractivity contribution < 1.29 is 14.3 Å². The van der Waals surface area contributed by atoms with Crippen LogP contribution in [0.15, 0.2) is 24.3 Å². The number of carbonyl (C=O) groups excluding carboxylic acids is 2. The van der Waals surface area contributed by atoms with Gasteiger partial charge in [-0.05, 0) is 37.1 Å². The maximum absolute atomic E-state index is 12.2. The Kier molecular flexibility index (Phi) is 6.52. The average Bonchev–Trinajstić information content (AvgIpc) is 2.46. The number of anilines is 1. The third-order valence-electron chi connectivity index (χ3n) is 3.23. The van der Waals surface area contributed by atoms with Crippen molar-refractivity contribution in [3.05, 3.63) is 24.3 Å². The minimum absolute atomic E-state index is 0.0137. The lowest BCUT2D eigenvalue weighted by Gasteiger charge is -2.22. The predicted octanol–water partition coefficient (Wildman–Crippen LogP) is 2.11. The zero-order valence-corrected chi connectivity index (χ0v) is 12.7. The fraction of sp³-hybridized carbons (Fsp3) is 0.467. The lowest BCUT2D eigenvalue weighted by molar-refractivity contribution is -0.119. The topological polar surface area (TPSA) is 93.4 Å². The van der Waals surface area contributed by atoms with E-state index in [2.05, 4.69) is 10.6 Å². The van der Waals surface area contributed by atoms with Gasteiger partial charge in [0.1, 0.15) is 11.8 Å². The molecular weight excluding hydrogens is 270 g/mol. The third kappa shape index (κ3) is 5.33. The van der Waals surface area contributed by atoms with Crippen LogP contribution in [0.5, 0.6) is 5.75 Å². The molecule has 0 aliphatic rings. The third-order valence-corrected chi connectivity index (χ3v) is 3.23. The van der Waals surface area contributed by atoms with Crippen molar-refractivity contribution in [3.63, 3.8) is 0 Å². The summed E-state index contributed by atoms with van der Waals surface area (Å²) in [5, 5.41) is 5.25. The molecule has 3 amide bonds. The molecule has 0 radical (unpaired) electrons. The van der Waals surface area contributed by atoms with Gasteiger partial charge in [0.15, 0.2) is 0 Å². The molecule has 0 saturated heterocycles. The van der Waals surface area contributed by atoms with Crippen LogP contribution < -0.4 is 21.1 Å². The number of amides is 3. The Bertz CT molecular complexity index is 474. The van der Waals surface area contributed by atoms with Gasteiger partial charge in [0.05, 0.1) is 6.61 Å². The quantitative estimate of drug-likeness (QED) is 0.718. The summed E-state index contributed by atoms with van der Waals surface area (Å²) in [6.07, 6.45) is 0.752. The molecule has 0 fully saturated rings. The van der Waals surface area contributed by atoms with Gasteiger partial charge in [0, 0.05) is 5.69 Å². The van der Waals surface area contributed by atoms with Crippen molar-refractivity contribution in [3.8, 4) is 5.75 Å². The summed E-state index contributed by atoms with van der Waals surface area (Å²) in [5.74, 6) is 0.441. The smallest absolute Gasteiger partial charge is 0.312 e. The van der Waals surface area contributed by atoms with Crippen molar-refractivity contribution in [2.24, 2.45) is 11.7 Å². The number of benzene rings is 1. The first-order valence-corrected chi connectivity index (χ1v) is 7.07. The van der Waals surface area contributed by atoms with Gasteiger partial charge in [-0.3, -0.25) is 4.79 Å². The van der Waals surface area contributed by atoms with Gasteiger partial charge < -0.3 is 21.1 Å². The number of primary amides is 1. The zero-order chi connectivity index (χ0) is 15.8. The molecule has 1 rings (SSSR count). The fourth-order valence-electron chi connectivity index (χ4n) is 1.88. The highest BCUT2D eigenvalue weighted by atomic mass is 16.5. The lowest BCUT2D eigenvalue weighted by atomic mass is 9.98. The monoisotopic (exact) mass is 293 g/mol. The molecule has 0 unspecified atom stereocenters. The van der Waals surface area contributed by atoms with E-state index in [1.165, 1.54) is 0 Å². The normalized spacial score (nSPS) is 13.1. The number of ether oxygens (including phenoxy) is 1. The van der Waals surface area contributed by atoms with Gasteiger partial charge in [-0.15, -0.1) is 0 Å². The largest absolute Gasteiger partial charge is 0.494 e. The molecule has 4 N–H and O–H groups in total. The van der Waals surface area contributed by atoms with E-state index in [1.807, 2.05) is 20.8 Å². The van der Waals surface area contributed by atoms with Gasteiger partial charge in [0.2, 0.25) is 5.91 Å². The van der Waals surface area contributed by atoms with Gasteiger partial charge in [-0.25, -0.2) is 4.79 Å². The average molecular weight is 293 g/mol. The van der Waals surface area contributed by atoms with Gasteiger partial charge >= 0.3 is 6.03 Å². The summed E-state index contributed by atoms with van der Waals surface area (Å²) in [7, 11) is 0. The molecule has 2 atom stereocenters. The maximum atomic E-state index is 12.2. The van der Waals surface area contributed by atoms with Crippen LogP contribution >= 0.6 is 0 Å². The summed E-state index contributed by atoms with van der Waals surface area (Å²) in [4.78, 5) is 23.3. The summed E-state index contributed by atoms with van der Waals surface area (Å²) in [5.41, 5.74) is 5.77. The second-order valence-electron chi connectivity index (χ2n) is 4.82. The van der Waals surface area contributed by atoms with E-state index in [4.69, 9.17) is 10.5 Å². The van der Waals surface area contributed by atoms with Crippen LogP contribution in [0, 0.1) is 5.92 Å². The first-order chi connectivity index (χ1) is 9.97. The molecule has 0 aromatic heterocycles. The summed E-state index contributed by atoms with van der Waals surface area (Å²) < 4.78 is 5.34. The molecule has 0 heterocycles. The van der Waals surface area contributed by atoms with E-state index >= 15 is 0 Å². The first-order valence-electron chi connectivity index (χ1n) is 7.07. The van der Waals surface area contributed by atoms with Gasteiger partial charge in [0.25, 0.3) is 0 Å². The van der Waals surface area contributed by atoms with Crippen LogP contribution in [-0.2, 0) is 4.79 Å². The summed E-state index contributed by atoms with van der Waals surface area (Å²) in [6, 6.07) is 5.70. The number of hydrogen-bond acceptors (Lipinski definition) is 3. The van der Waals surface area contributed by atoms with Crippen LogP contribution in [-0.4, -0.2) is 24.6 Å². The van der Waals surface area contributed by atoms with E-state index in [0.29, 0.717) is 12.3 Å². The molecule has 1 aromatic rings. The molecule has 0 saturated carbocycles. The first kappa shape index (κ1) is 16.8. The second-order valence-corrected chi connectivity index (χ2v) is 4.82. The highest BCUT2D eigenvalue weighted by Crippen LogP contribution is 2.17. The molecular formula is C15H23N3O3. The van der Waals surface area contributed by atoms with Crippen molar-refractivity contribution in [1.29, 1.82) is 0 Å². The molecule has 116 valence electrons. The SMILES string of the molecule is CCOc1ccc(NC(=O)[C@@H](NC(N)=O)[C@@H](C)CC)cc1. The van der Waals surface area contributed by atoms with E-state index in [1.54, 1.807) is 24.3 Å². The van der Waals surface area contributed by atoms with E-state index in [-0.39, 0.29) is 11.8 Å². The molecule has 6 heteroatoms. The predicted molar refractivity (Wildman–Crippen MR) is 82.2 cm³/mol. The number of nitrogens with two attached hydrogens (primary N) is 1. The molecule has 0 aliphatic heterocycles. The molecule has 21 heavy (non-hydrogen) atoms. The van der Waals surface area contributed by atoms with Crippen molar-refractivity contribution in [2.45, 2.75) is 33.2 Å². The van der Waals surface area contributed by atoms with Crippen molar-refractivity contribution in [1.82, 2.24) is 5.32 Å². The highest BCUT2D eigenvalue weighted by molar-refractivity contribution is 5.97. The Morgan fingerprint density at radius 2 is 1.86 bits per heavy atom. The Morgan fingerprint density at radius 3 is 2.33 bits per heavy atom. The Hall–Kier alpha value is -2.24. The standard InChI is InChI=1S/C15H23N3O3/c1-4-10(3)13(18-15(16)20)14(19)17-11-6-8-12(9-7-11)21-5-2/h6-10,13H,4-5H2,1-3H3,(H,17,19)(H3,16,18,20)/t10-,13-/m0/s1. The number of carbonyl (C=O) groups is 2. The number of nitrogens with one attached hydrogen (secondary N) is 2. The molecule has 0 aliphatic carbocycles. The maximum Gasteiger partial charge on any atom is 0.312 e. The van der Waals surface area contributed by atoms with Gasteiger partial charge in [-0.2, -0.15) is 0 Å². The van der Waals surface area contributed by atoms with Gasteiger partial charge in [-0.1, -0.05) is 20.3 Å². The summed E-state index contributed by atoms with van der Waals surface area (Å²) in [6.45, 7) is 6.33. The van der Waals surface area contributed by atoms with E-state index in [0.717, 1.165) is 12.2 Å². The Morgan fingerprint density at radius 1 is 1.24 bits per heavy atom. The molecule has 0 spiro atoms. The molecule has 6 nitrogen and oxygen atoms in total. The fourth-order valence-corrected chi connectivity index (χ4v) is 1.88. The Balaban J connectivity index is 2.73. The lowest BCUT2D eigenvalue weighted by Crippen LogP contribution is -2.49. The number of rotatable bonds is 7. The summed E-state index contributed by atoms with van der Waals surface area (Å²) >= 11 is 0. The van der Waals surface area contributed by atoms with E-state index in [9.17, 15) is 9.59 Å². The van der Waals surface area contributed by atoms with Crippen molar-refractivity contribution in [2.75, 3.05) is 11.9 Å². The minimum Gasteiger partial charge on any atom is -0.494 e. The molecule has 0 bridgehead atoms. The highest BCUT2D eigenvalue weighted by Gasteiger charge is 2.25.